The second-order valence-electron chi connectivity index (χ2n) is 4.76. The van der Waals surface area contributed by atoms with E-state index in [1.54, 1.807) is 0 Å². The van der Waals surface area contributed by atoms with Crippen LogP contribution in [0.15, 0.2) is 0 Å². The summed E-state index contributed by atoms with van der Waals surface area (Å²) in [5.74, 6) is -0.656. The molecule has 8 heteroatoms. The molecule has 1 aliphatic heterocycles. The van der Waals surface area contributed by atoms with Crippen LogP contribution in [-0.2, 0) is 19.1 Å². The Labute approximate surface area is 131 Å². The van der Waals surface area contributed by atoms with Crippen LogP contribution < -0.4 is 16.4 Å². The number of carbonyl (C=O) groups excluding carboxylic acids is 3. The zero-order chi connectivity index (χ0) is 16.8. The molecule has 2 amide bonds. The van der Waals surface area contributed by atoms with Gasteiger partial charge in [0.1, 0.15) is 0 Å². The van der Waals surface area contributed by atoms with E-state index in [4.69, 9.17) is 10.5 Å². The van der Waals surface area contributed by atoms with Gasteiger partial charge in [0.25, 0.3) is 0 Å². The Morgan fingerprint density at radius 1 is 1.32 bits per heavy atom. The number of imide groups is 1. The Bertz CT molecular complexity index is 337. The van der Waals surface area contributed by atoms with E-state index in [9.17, 15) is 14.4 Å². The number of hydrogen-bond acceptors (Lipinski definition) is 7. The molecule has 0 aromatic rings. The van der Waals surface area contributed by atoms with Gasteiger partial charge in [-0.2, -0.15) is 0 Å². The number of unbranched alkanes of at least 4 members (excludes halogenated alkanes) is 1. The fourth-order valence-corrected chi connectivity index (χ4v) is 1.69. The van der Waals surface area contributed by atoms with Crippen molar-refractivity contribution in [2.75, 3.05) is 26.8 Å². The lowest BCUT2D eigenvalue weighted by Crippen LogP contribution is -2.48. The minimum atomic E-state index is -0.633. The molecule has 4 N–H and O–H groups in total. The third-order valence-electron chi connectivity index (χ3n) is 2.98. The quantitative estimate of drug-likeness (QED) is 0.492. The first-order chi connectivity index (χ1) is 10.5. The summed E-state index contributed by atoms with van der Waals surface area (Å²) in [6, 6.07) is -0.243. The largest absolute Gasteiger partial charge is 0.468 e. The van der Waals surface area contributed by atoms with E-state index >= 15 is 0 Å². The van der Waals surface area contributed by atoms with Crippen LogP contribution >= 0.6 is 0 Å². The molecule has 0 bridgehead atoms. The van der Waals surface area contributed by atoms with Crippen LogP contribution in [0.5, 0.6) is 0 Å². The van der Waals surface area contributed by atoms with Crippen molar-refractivity contribution in [1.82, 2.24) is 10.6 Å². The maximum atomic E-state index is 11.6. The van der Waals surface area contributed by atoms with Crippen molar-refractivity contribution < 1.29 is 23.9 Å². The molecule has 128 valence electrons. The number of amides is 2. The molecule has 0 saturated carbocycles. The summed E-state index contributed by atoms with van der Waals surface area (Å²) in [5, 5.41) is 5.32. The van der Waals surface area contributed by atoms with Crippen molar-refractivity contribution >= 4 is 18.0 Å². The minimum absolute atomic E-state index is 0.0312. The lowest BCUT2D eigenvalue weighted by molar-refractivity contribution is -0.138. The van der Waals surface area contributed by atoms with Gasteiger partial charge in [0.15, 0.2) is 0 Å². The molecule has 1 heterocycles. The van der Waals surface area contributed by atoms with Gasteiger partial charge in [-0.25, -0.2) is 4.79 Å². The second kappa shape index (κ2) is 13.0. The van der Waals surface area contributed by atoms with Crippen LogP contribution in [0.2, 0.25) is 0 Å². The molecule has 22 heavy (non-hydrogen) atoms. The van der Waals surface area contributed by atoms with Gasteiger partial charge in [0.05, 0.1) is 26.3 Å². The Morgan fingerprint density at radius 3 is 2.50 bits per heavy atom. The normalized spacial score (nSPS) is 16.8. The number of nitrogens with one attached hydrogen (secondary N) is 2. The van der Waals surface area contributed by atoms with E-state index in [0.29, 0.717) is 6.61 Å². The van der Waals surface area contributed by atoms with Crippen LogP contribution in [0.25, 0.3) is 0 Å². The van der Waals surface area contributed by atoms with Crippen molar-refractivity contribution in [3.05, 3.63) is 0 Å². The smallest absolute Gasteiger partial charge is 0.413 e. The van der Waals surface area contributed by atoms with E-state index in [0.717, 1.165) is 38.6 Å². The molecule has 1 fully saturated rings. The van der Waals surface area contributed by atoms with Gasteiger partial charge >= 0.3 is 12.1 Å². The number of piperidine rings is 1. The summed E-state index contributed by atoms with van der Waals surface area (Å²) < 4.78 is 8.98. The molecule has 1 rings (SSSR count). The predicted octanol–water partition coefficient (Wildman–Crippen LogP) is 0.300. The van der Waals surface area contributed by atoms with E-state index in [1.165, 1.54) is 7.11 Å². The van der Waals surface area contributed by atoms with Crippen molar-refractivity contribution in [3.8, 4) is 0 Å². The number of carbonyl (C=O) groups is 3. The van der Waals surface area contributed by atoms with Crippen LogP contribution in [-0.4, -0.2) is 50.8 Å². The number of hydrogen-bond donors (Lipinski definition) is 3. The summed E-state index contributed by atoms with van der Waals surface area (Å²) in [4.78, 5) is 32.6. The van der Waals surface area contributed by atoms with Gasteiger partial charge < -0.3 is 20.5 Å². The first kappa shape index (κ1) is 20.3. The topological polar surface area (TPSA) is 120 Å². The van der Waals surface area contributed by atoms with E-state index in [1.807, 2.05) is 6.92 Å². The highest BCUT2D eigenvalue weighted by atomic mass is 16.5. The molecule has 0 aromatic carbocycles. The molecule has 0 spiro atoms. The summed E-state index contributed by atoms with van der Waals surface area (Å²) >= 11 is 0. The number of alkyl carbamates (subject to hydrolysis) is 1. The van der Waals surface area contributed by atoms with Gasteiger partial charge in [0.2, 0.25) is 5.91 Å². The summed E-state index contributed by atoms with van der Waals surface area (Å²) in [7, 11) is 1.30. The number of methoxy groups -OCH3 is 1. The van der Waals surface area contributed by atoms with Gasteiger partial charge in [-0.3, -0.25) is 14.9 Å². The Hall–Kier alpha value is -1.67. The average Bonchev–Trinajstić information content (AvgIpc) is 2.55. The molecule has 0 aliphatic carbocycles. The van der Waals surface area contributed by atoms with Crippen molar-refractivity contribution in [1.29, 1.82) is 0 Å². The van der Waals surface area contributed by atoms with Gasteiger partial charge in [-0.1, -0.05) is 19.8 Å². The molecule has 0 aromatic heterocycles. The molecule has 8 nitrogen and oxygen atoms in total. The van der Waals surface area contributed by atoms with Gasteiger partial charge in [-0.05, 0) is 25.8 Å². The minimum Gasteiger partial charge on any atom is -0.468 e. The Kier molecular flexibility index (Phi) is 12.0. The molecule has 0 radical (unpaired) electrons. The van der Waals surface area contributed by atoms with Crippen molar-refractivity contribution in [3.63, 3.8) is 0 Å². The fourth-order valence-electron chi connectivity index (χ4n) is 1.69. The zero-order valence-corrected chi connectivity index (χ0v) is 13.4. The van der Waals surface area contributed by atoms with Crippen LogP contribution in [0.3, 0.4) is 0 Å². The number of rotatable bonds is 5. The SMILES string of the molecule is CCCCOC(=O)NC(=O)C1CCCCN1.COC(=O)CN. The van der Waals surface area contributed by atoms with E-state index in [2.05, 4.69) is 15.4 Å². The number of ether oxygens (including phenoxy) is 2. The van der Waals surface area contributed by atoms with Crippen LogP contribution in [0.1, 0.15) is 39.0 Å². The average molecular weight is 317 g/mol. The first-order valence-electron chi connectivity index (χ1n) is 7.53. The third kappa shape index (κ3) is 10.1. The first-order valence-corrected chi connectivity index (χ1v) is 7.53. The van der Waals surface area contributed by atoms with Gasteiger partial charge in [-0.15, -0.1) is 0 Å². The number of nitrogens with two attached hydrogens (primary N) is 1. The highest BCUT2D eigenvalue weighted by Gasteiger charge is 2.22. The molecule has 1 atom stereocenters. The standard InChI is InChI=1S/C11H20N2O3.C3H7NO2/c1-2-3-8-16-11(15)13-10(14)9-6-4-5-7-12-9;1-6-3(5)2-4/h9,12H,2-8H2,1H3,(H,13,14,15);2,4H2,1H3. The maximum absolute atomic E-state index is 11.6. The molecule has 1 unspecified atom stereocenters. The van der Waals surface area contributed by atoms with Gasteiger partial charge in [0, 0.05) is 0 Å². The molecular formula is C14H27N3O5. The van der Waals surface area contributed by atoms with E-state index < -0.39 is 6.09 Å². The molecular weight excluding hydrogens is 290 g/mol. The second-order valence-corrected chi connectivity index (χ2v) is 4.76. The zero-order valence-electron chi connectivity index (χ0n) is 13.4. The molecule has 1 saturated heterocycles. The Balaban J connectivity index is 0.000000626. The highest BCUT2D eigenvalue weighted by molar-refractivity contribution is 5.94. The van der Waals surface area contributed by atoms with Crippen molar-refractivity contribution in [2.45, 2.75) is 45.1 Å². The third-order valence-corrected chi connectivity index (χ3v) is 2.98. The van der Waals surface area contributed by atoms with Crippen molar-refractivity contribution in [2.24, 2.45) is 5.73 Å². The fraction of sp³-hybridized carbons (Fsp3) is 0.786. The summed E-state index contributed by atoms with van der Waals surface area (Å²) in [6.07, 6.45) is 4.05. The number of esters is 1. The van der Waals surface area contributed by atoms with E-state index in [-0.39, 0.29) is 24.5 Å². The summed E-state index contributed by atoms with van der Waals surface area (Å²) in [6.45, 7) is 3.19. The lowest BCUT2D eigenvalue weighted by atomic mass is 10.0. The summed E-state index contributed by atoms with van der Waals surface area (Å²) in [5.41, 5.74) is 4.81. The predicted molar refractivity (Wildman–Crippen MR) is 81.1 cm³/mol. The maximum Gasteiger partial charge on any atom is 0.413 e. The van der Waals surface area contributed by atoms with Crippen LogP contribution in [0, 0.1) is 0 Å². The lowest BCUT2D eigenvalue weighted by Gasteiger charge is -2.21. The molecule has 1 aliphatic rings. The van der Waals surface area contributed by atoms with Crippen LogP contribution in [0.4, 0.5) is 4.79 Å². The monoisotopic (exact) mass is 317 g/mol. The highest BCUT2D eigenvalue weighted by Crippen LogP contribution is 2.06. The Morgan fingerprint density at radius 2 is 2.05 bits per heavy atom.